The van der Waals surface area contributed by atoms with Crippen LogP contribution in [0.5, 0.6) is 0 Å². The first kappa shape index (κ1) is 14.0. The van der Waals surface area contributed by atoms with Crippen molar-refractivity contribution in [3.05, 3.63) is 21.9 Å². The van der Waals surface area contributed by atoms with Gasteiger partial charge >= 0.3 is 0 Å². The fourth-order valence-electron chi connectivity index (χ4n) is 2.68. The van der Waals surface area contributed by atoms with Crippen LogP contribution in [0.1, 0.15) is 49.8 Å². The monoisotopic (exact) mass is 267 g/mol. The van der Waals surface area contributed by atoms with E-state index in [2.05, 4.69) is 29.9 Å². The van der Waals surface area contributed by atoms with E-state index >= 15 is 0 Å². The lowest BCUT2D eigenvalue weighted by molar-refractivity contribution is 0.0605. The number of thiophene rings is 1. The molecule has 1 aliphatic rings. The Hall–Kier alpha value is -0.380. The molecule has 102 valence electrons. The highest BCUT2D eigenvalue weighted by atomic mass is 32.1. The summed E-state index contributed by atoms with van der Waals surface area (Å²) in [6.45, 7) is 7.49. The summed E-state index contributed by atoms with van der Waals surface area (Å²) in [5.74, 6) is 0.826. The highest BCUT2D eigenvalue weighted by Gasteiger charge is 2.21. The van der Waals surface area contributed by atoms with Gasteiger partial charge in [-0.05, 0) is 67.0 Å². The van der Waals surface area contributed by atoms with Gasteiger partial charge in [0.1, 0.15) is 0 Å². The molecule has 2 rings (SSSR count). The number of aryl methyl sites for hydroxylation is 1. The fourth-order valence-corrected chi connectivity index (χ4v) is 3.59. The number of rotatable bonds is 6. The summed E-state index contributed by atoms with van der Waals surface area (Å²) in [5, 5.41) is 8.31. The van der Waals surface area contributed by atoms with E-state index < -0.39 is 0 Å². The molecule has 1 aromatic rings. The second-order valence-electron chi connectivity index (χ2n) is 5.31. The van der Waals surface area contributed by atoms with Crippen LogP contribution in [0.2, 0.25) is 0 Å². The Morgan fingerprint density at radius 3 is 2.78 bits per heavy atom. The molecular formula is C15H25NOS. The minimum atomic E-state index is 0.541. The van der Waals surface area contributed by atoms with Crippen molar-refractivity contribution >= 4 is 11.3 Å². The maximum absolute atomic E-state index is 5.46. The average molecular weight is 267 g/mol. The normalized spacial score (nSPS) is 19.0. The zero-order chi connectivity index (χ0) is 12.8. The molecule has 0 spiro atoms. The van der Waals surface area contributed by atoms with E-state index in [1.54, 1.807) is 0 Å². The number of hydrogen-bond donors (Lipinski definition) is 1. The van der Waals surface area contributed by atoms with Gasteiger partial charge in [-0.25, -0.2) is 0 Å². The smallest absolute Gasteiger partial charge is 0.0468 e. The Balaban J connectivity index is 1.98. The van der Waals surface area contributed by atoms with Crippen molar-refractivity contribution in [1.82, 2.24) is 5.32 Å². The van der Waals surface area contributed by atoms with Gasteiger partial charge in [-0.1, -0.05) is 6.92 Å². The molecule has 18 heavy (non-hydrogen) atoms. The lowest BCUT2D eigenvalue weighted by Crippen LogP contribution is -2.27. The number of ether oxygens (including phenoxy) is 1. The lowest BCUT2D eigenvalue weighted by Gasteiger charge is -2.27. The average Bonchev–Trinajstić information content (AvgIpc) is 2.82. The Kier molecular flexibility index (Phi) is 5.67. The van der Waals surface area contributed by atoms with Crippen molar-refractivity contribution in [1.29, 1.82) is 0 Å². The molecule has 1 atom stereocenters. The van der Waals surface area contributed by atoms with E-state index in [1.165, 1.54) is 36.8 Å². The number of nitrogens with one attached hydrogen (secondary N) is 1. The fraction of sp³-hybridized carbons (Fsp3) is 0.733. The molecular weight excluding hydrogens is 242 g/mol. The molecule has 2 nitrogen and oxygen atoms in total. The van der Waals surface area contributed by atoms with Crippen LogP contribution < -0.4 is 5.32 Å². The third-order valence-electron chi connectivity index (χ3n) is 3.82. The summed E-state index contributed by atoms with van der Waals surface area (Å²) >= 11 is 1.83. The first-order valence-electron chi connectivity index (χ1n) is 7.15. The van der Waals surface area contributed by atoms with Gasteiger partial charge in [0, 0.05) is 19.3 Å². The van der Waals surface area contributed by atoms with E-state index in [-0.39, 0.29) is 0 Å². The predicted octanol–water partition coefficient (Wildman–Crippen LogP) is 3.91. The summed E-state index contributed by atoms with van der Waals surface area (Å²) in [6.07, 6.45) is 4.93. The van der Waals surface area contributed by atoms with Gasteiger partial charge in [0.2, 0.25) is 0 Å². The van der Waals surface area contributed by atoms with Crippen LogP contribution in [0.25, 0.3) is 0 Å². The lowest BCUT2D eigenvalue weighted by atomic mass is 9.89. The van der Waals surface area contributed by atoms with Gasteiger partial charge in [0.15, 0.2) is 0 Å². The van der Waals surface area contributed by atoms with Crippen molar-refractivity contribution in [3.63, 3.8) is 0 Å². The van der Waals surface area contributed by atoms with Crippen LogP contribution in [0.3, 0.4) is 0 Å². The Bertz CT molecular complexity index is 344. The largest absolute Gasteiger partial charge is 0.381 e. The molecule has 1 aromatic heterocycles. The van der Waals surface area contributed by atoms with Gasteiger partial charge in [-0.15, -0.1) is 0 Å². The minimum absolute atomic E-state index is 0.541. The summed E-state index contributed by atoms with van der Waals surface area (Å²) in [6, 6.07) is 0.541. The van der Waals surface area contributed by atoms with Gasteiger partial charge in [0.25, 0.3) is 0 Å². The first-order chi connectivity index (χ1) is 8.81. The van der Waals surface area contributed by atoms with Gasteiger partial charge in [-0.3, -0.25) is 0 Å². The predicted molar refractivity (Wildman–Crippen MR) is 78.3 cm³/mol. The molecule has 1 fully saturated rings. The molecule has 0 radical (unpaired) electrons. The SMILES string of the molecule is CCCNC(CC1CCOCC1)c1cscc1C. The molecule has 0 amide bonds. The van der Waals surface area contributed by atoms with Crippen molar-refractivity contribution < 1.29 is 4.74 Å². The van der Waals surface area contributed by atoms with E-state index in [9.17, 15) is 0 Å². The van der Waals surface area contributed by atoms with E-state index in [0.717, 1.165) is 25.7 Å². The van der Waals surface area contributed by atoms with Crippen molar-refractivity contribution in [2.75, 3.05) is 19.8 Å². The number of hydrogen-bond acceptors (Lipinski definition) is 3. The second-order valence-corrected chi connectivity index (χ2v) is 6.05. The van der Waals surface area contributed by atoms with Crippen molar-refractivity contribution in [3.8, 4) is 0 Å². The van der Waals surface area contributed by atoms with E-state index in [4.69, 9.17) is 4.74 Å². The van der Waals surface area contributed by atoms with E-state index in [0.29, 0.717) is 6.04 Å². The molecule has 3 heteroatoms. The highest BCUT2D eigenvalue weighted by molar-refractivity contribution is 7.08. The van der Waals surface area contributed by atoms with Crippen LogP contribution in [-0.4, -0.2) is 19.8 Å². The van der Waals surface area contributed by atoms with Crippen LogP contribution in [0.4, 0.5) is 0 Å². The molecule has 0 aromatic carbocycles. The van der Waals surface area contributed by atoms with E-state index in [1.807, 2.05) is 11.3 Å². The summed E-state index contributed by atoms with van der Waals surface area (Å²) in [7, 11) is 0. The molecule has 1 saturated heterocycles. The zero-order valence-corrected chi connectivity index (χ0v) is 12.4. The summed E-state index contributed by atoms with van der Waals surface area (Å²) in [4.78, 5) is 0. The Morgan fingerprint density at radius 1 is 1.39 bits per heavy atom. The molecule has 0 aliphatic carbocycles. The van der Waals surface area contributed by atoms with Crippen LogP contribution >= 0.6 is 11.3 Å². The first-order valence-corrected chi connectivity index (χ1v) is 8.09. The second kappa shape index (κ2) is 7.27. The Morgan fingerprint density at radius 2 is 2.17 bits per heavy atom. The maximum Gasteiger partial charge on any atom is 0.0468 e. The van der Waals surface area contributed by atoms with Gasteiger partial charge in [-0.2, -0.15) is 11.3 Å². The van der Waals surface area contributed by atoms with Gasteiger partial charge < -0.3 is 10.1 Å². The van der Waals surface area contributed by atoms with Crippen molar-refractivity contribution in [2.45, 2.75) is 45.6 Å². The van der Waals surface area contributed by atoms with Crippen LogP contribution in [0, 0.1) is 12.8 Å². The third kappa shape index (κ3) is 3.81. The molecule has 0 saturated carbocycles. The highest BCUT2D eigenvalue weighted by Crippen LogP contribution is 2.30. The molecule has 1 unspecified atom stereocenters. The van der Waals surface area contributed by atoms with Crippen LogP contribution in [0.15, 0.2) is 10.8 Å². The quantitative estimate of drug-likeness (QED) is 0.843. The molecule has 0 bridgehead atoms. The minimum Gasteiger partial charge on any atom is -0.381 e. The van der Waals surface area contributed by atoms with Crippen molar-refractivity contribution in [2.24, 2.45) is 5.92 Å². The summed E-state index contributed by atoms with van der Waals surface area (Å²) < 4.78 is 5.46. The van der Waals surface area contributed by atoms with Gasteiger partial charge in [0.05, 0.1) is 0 Å². The van der Waals surface area contributed by atoms with Crippen LogP contribution in [-0.2, 0) is 4.74 Å². The molecule has 2 heterocycles. The zero-order valence-electron chi connectivity index (χ0n) is 11.6. The topological polar surface area (TPSA) is 21.3 Å². The molecule has 1 aliphatic heterocycles. The summed E-state index contributed by atoms with van der Waals surface area (Å²) in [5.41, 5.74) is 2.96. The third-order valence-corrected chi connectivity index (χ3v) is 4.70. The Labute approximate surface area is 115 Å². The standard InChI is InChI=1S/C15H25NOS/c1-3-6-16-15(14-11-18-10-12(14)2)9-13-4-7-17-8-5-13/h10-11,13,15-16H,3-9H2,1-2H3. The maximum atomic E-state index is 5.46. The molecule has 1 N–H and O–H groups in total.